The van der Waals surface area contributed by atoms with Crippen molar-refractivity contribution in [2.75, 3.05) is 13.2 Å². The molecule has 0 radical (unpaired) electrons. The Kier molecular flexibility index (Phi) is 9.23. The van der Waals surface area contributed by atoms with Crippen LogP contribution in [0.25, 0.3) is 50.1 Å². The summed E-state index contributed by atoms with van der Waals surface area (Å²) in [6, 6.07) is 20.4. The van der Waals surface area contributed by atoms with Gasteiger partial charge < -0.3 is 14.2 Å². The molecule has 2 fully saturated rings. The Morgan fingerprint density at radius 1 is 0.938 bits per heavy atom. The van der Waals surface area contributed by atoms with Crippen LogP contribution in [0.4, 0.5) is 8.78 Å². The van der Waals surface area contributed by atoms with Gasteiger partial charge in [0.15, 0.2) is 5.82 Å². The molecule has 3 aliphatic rings. The average molecular weight is 878 g/mol. The van der Waals surface area contributed by atoms with E-state index in [2.05, 4.69) is 58.8 Å². The van der Waals surface area contributed by atoms with Gasteiger partial charge in [0.2, 0.25) is 0 Å². The molecule has 7 heterocycles. The third kappa shape index (κ3) is 6.40. The van der Waals surface area contributed by atoms with Crippen molar-refractivity contribution in [3.8, 4) is 28.3 Å². The Bertz CT molecular complexity index is 3300. The third-order valence-electron chi connectivity index (χ3n) is 14.3. The molecule has 0 bridgehead atoms. The minimum absolute atomic E-state index is 0.0289. The van der Waals surface area contributed by atoms with Crippen LogP contribution in [0.2, 0.25) is 0 Å². The Morgan fingerprint density at radius 3 is 2.42 bits per heavy atom. The van der Waals surface area contributed by atoms with Gasteiger partial charge in [-0.3, -0.25) is 19.0 Å². The summed E-state index contributed by atoms with van der Waals surface area (Å²) in [5, 5.41) is 14.9. The lowest BCUT2D eigenvalue weighted by Crippen LogP contribution is -2.41. The maximum Gasteiger partial charge on any atom is 0.438 e. The first-order chi connectivity index (χ1) is 31.1. The minimum Gasteiger partial charge on any atom is -0.376 e. The predicted octanol–water partition coefficient (Wildman–Crippen LogP) is 9.23. The zero-order valence-corrected chi connectivity index (χ0v) is 37.4. The second-order valence-corrected chi connectivity index (χ2v) is 18.9. The van der Waals surface area contributed by atoms with Gasteiger partial charge in [0, 0.05) is 48.6 Å². The number of carbonyl (C=O) groups excluding carboxylic acids is 1. The van der Waals surface area contributed by atoms with Crippen LogP contribution in [-0.2, 0) is 23.7 Å². The van der Waals surface area contributed by atoms with Crippen molar-refractivity contribution in [1.29, 1.82) is 0 Å². The topological polar surface area (TPSA) is 142 Å². The van der Waals surface area contributed by atoms with E-state index < -0.39 is 23.2 Å². The monoisotopic (exact) mass is 877 g/mol. The van der Waals surface area contributed by atoms with Gasteiger partial charge in [-0.25, -0.2) is 23.2 Å². The highest BCUT2D eigenvalue weighted by molar-refractivity contribution is 6.00. The predicted molar refractivity (Wildman–Crippen MR) is 241 cm³/mol. The molecule has 11 rings (SSSR count). The SMILES string of the molecule is Cc1cc(-n2nc3c(c2-c2cccc(-c4ccc5c(cnn5C)c4F)n2)[C@H](C)N(C(=O)c2cc4cc([C@H]5CCOC(C)(C)C5)ccc4n2[C@@]2(c4noc(=O)[nH]4)C[C@@H]2C)CC3)cc(C)c1F. The van der Waals surface area contributed by atoms with E-state index in [4.69, 9.17) is 19.3 Å². The van der Waals surface area contributed by atoms with E-state index in [0.29, 0.717) is 87.9 Å². The molecule has 13 nitrogen and oxygen atoms in total. The number of carbonyl (C=O) groups is 1. The van der Waals surface area contributed by atoms with Crippen LogP contribution >= 0.6 is 0 Å². The van der Waals surface area contributed by atoms with Crippen molar-refractivity contribution >= 4 is 27.7 Å². The summed E-state index contributed by atoms with van der Waals surface area (Å²) < 4.78 is 48.0. The number of benzene rings is 3. The summed E-state index contributed by atoms with van der Waals surface area (Å²) in [5.74, 6) is -0.878. The zero-order valence-electron chi connectivity index (χ0n) is 37.4. The first-order valence-electron chi connectivity index (χ1n) is 22.3. The molecule has 1 saturated heterocycles. The van der Waals surface area contributed by atoms with Gasteiger partial charge in [-0.2, -0.15) is 10.2 Å². The van der Waals surface area contributed by atoms with Crippen LogP contribution in [0.5, 0.6) is 0 Å². The summed E-state index contributed by atoms with van der Waals surface area (Å²) in [4.78, 5) is 37.8. The van der Waals surface area contributed by atoms with Gasteiger partial charge in [0.1, 0.15) is 22.9 Å². The molecule has 4 atom stereocenters. The van der Waals surface area contributed by atoms with Crippen LogP contribution < -0.4 is 5.76 Å². The number of amides is 1. The lowest BCUT2D eigenvalue weighted by atomic mass is 9.83. The smallest absolute Gasteiger partial charge is 0.376 e. The molecule has 0 spiro atoms. The molecule has 1 aliphatic carbocycles. The fraction of sp³-hybridized carbons (Fsp3) is 0.360. The highest BCUT2D eigenvalue weighted by atomic mass is 19.1. The molecule has 2 aliphatic heterocycles. The van der Waals surface area contributed by atoms with Gasteiger partial charge in [0.05, 0.1) is 57.2 Å². The Labute approximate surface area is 373 Å². The third-order valence-corrected chi connectivity index (χ3v) is 14.3. The van der Waals surface area contributed by atoms with Gasteiger partial charge in [0.25, 0.3) is 5.91 Å². The lowest BCUT2D eigenvalue weighted by molar-refractivity contribution is -0.0592. The fourth-order valence-electron chi connectivity index (χ4n) is 10.9. The summed E-state index contributed by atoms with van der Waals surface area (Å²) >= 11 is 0. The molecular weight excluding hydrogens is 829 g/mol. The molecule has 1 saturated carbocycles. The first kappa shape index (κ1) is 41.0. The van der Waals surface area contributed by atoms with Crippen molar-refractivity contribution in [3.05, 3.63) is 135 Å². The van der Waals surface area contributed by atoms with Crippen molar-refractivity contribution < 1.29 is 22.8 Å². The molecule has 3 aromatic carbocycles. The number of nitrogens with one attached hydrogen (secondary N) is 1. The Balaban J connectivity index is 1.06. The second-order valence-electron chi connectivity index (χ2n) is 18.9. The van der Waals surface area contributed by atoms with E-state index in [1.165, 1.54) is 11.8 Å². The van der Waals surface area contributed by atoms with Gasteiger partial charge >= 0.3 is 5.76 Å². The second kappa shape index (κ2) is 14.6. The van der Waals surface area contributed by atoms with Crippen molar-refractivity contribution in [3.63, 3.8) is 0 Å². The molecule has 8 aromatic rings. The van der Waals surface area contributed by atoms with E-state index >= 15 is 13.6 Å². The van der Waals surface area contributed by atoms with E-state index in [9.17, 15) is 4.79 Å². The highest BCUT2D eigenvalue weighted by Crippen LogP contribution is 2.56. The zero-order chi connectivity index (χ0) is 45.3. The average Bonchev–Trinajstić information content (AvgIpc) is 3.79. The number of aromatic nitrogens is 8. The van der Waals surface area contributed by atoms with Crippen molar-refractivity contribution in [1.82, 2.24) is 44.2 Å². The minimum atomic E-state index is -0.821. The Morgan fingerprint density at radius 2 is 1.69 bits per heavy atom. The molecule has 1 N–H and O–H groups in total. The lowest BCUT2D eigenvalue weighted by Gasteiger charge is -2.35. The summed E-state index contributed by atoms with van der Waals surface area (Å²) in [5.41, 5.74) is 7.11. The highest BCUT2D eigenvalue weighted by Gasteiger charge is 2.59. The number of ether oxygens (including phenoxy) is 1. The number of fused-ring (bicyclic) bond motifs is 3. The molecule has 332 valence electrons. The van der Waals surface area contributed by atoms with E-state index in [1.807, 2.05) is 36.1 Å². The quantitative estimate of drug-likeness (QED) is 0.167. The van der Waals surface area contributed by atoms with E-state index in [1.54, 1.807) is 54.5 Å². The van der Waals surface area contributed by atoms with Gasteiger partial charge in [-0.15, -0.1) is 0 Å². The number of H-pyrrole nitrogens is 1. The van der Waals surface area contributed by atoms with Crippen LogP contribution in [0.1, 0.15) is 103 Å². The summed E-state index contributed by atoms with van der Waals surface area (Å²) in [6.07, 6.45) is 4.35. The Hall–Kier alpha value is -6.74. The van der Waals surface area contributed by atoms with Crippen LogP contribution in [0.15, 0.2) is 82.2 Å². The molecule has 1 amide bonds. The van der Waals surface area contributed by atoms with E-state index in [-0.39, 0.29) is 29.2 Å². The number of pyridine rings is 1. The number of rotatable bonds is 7. The normalized spacial score (nSPS) is 21.6. The van der Waals surface area contributed by atoms with E-state index in [0.717, 1.165) is 35.0 Å². The number of aromatic amines is 1. The summed E-state index contributed by atoms with van der Waals surface area (Å²) in [7, 11) is 1.77. The first-order valence-corrected chi connectivity index (χ1v) is 22.3. The molecule has 0 unspecified atom stereocenters. The standard InChI is InChI=1S/C50H49F2N9O4/c1-26-19-33(20-27(2)43(26)51)61-45(38-10-8-9-36(54-38)34-12-14-40-35(44(34)52)25-53-58(40)7)42-29(4)59(17-15-37(42)56-61)46(62)41-22-32-21-30(31-16-18-64-49(5,6)24-31)11-13-39(32)60(41)50(23-28(50)3)47-55-48(63)65-57-47/h8-14,19-22,25,28-29,31H,15-18,23-24H2,1-7H3,(H,55,57,63)/t28-,29-,31-,50-/m0/s1. The molecule has 15 heteroatoms. The van der Waals surface area contributed by atoms with Crippen LogP contribution in [0, 0.1) is 31.4 Å². The number of aryl methyl sites for hydroxylation is 3. The maximum absolute atomic E-state index is 16.2. The number of hydrogen-bond acceptors (Lipinski definition) is 8. The van der Waals surface area contributed by atoms with Gasteiger partial charge in [-0.05, 0) is 137 Å². The van der Waals surface area contributed by atoms with Crippen molar-refractivity contribution in [2.24, 2.45) is 13.0 Å². The van der Waals surface area contributed by atoms with Crippen molar-refractivity contribution in [2.45, 2.75) is 90.3 Å². The summed E-state index contributed by atoms with van der Waals surface area (Å²) in [6.45, 7) is 12.8. The number of hydrogen-bond donors (Lipinski definition) is 1. The van der Waals surface area contributed by atoms with Gasteiger partial charge in [-0.1, -0.05) is 24.2 Å². The number of nitrogens with zero attached hydrogens (tertiary/aromatic N) is 8. The molecule has 5 aromatic heterocycles. The fourth-order valence-corrected chi connectivity index (χ4v) is 10.9. The number of halogens is 2. The molecule has 65 heavy (non-hydrogen) atoms. The van der Waals surface area contributed by atoms with Crippen LogP contribution in [-0.4, -0.2) is 68.8 Å². The van der Waals surface area contributed by atoms with Crippen LogP contribution in [0.3, 0.4) is 0 Å². The maximum atomic E-state index is 16.2. The largest absolute Gasteiger partial charge is 0.438 e. The molecular formula is C50H49F2N9O4.